The summed E-state index contributed by atoms with van der Waals surface area (Å²) in [6.07, 6.45) is 1.18. The van der Waals surface area contributed by atoms with Crippen LogP contribution in [0.4, 0.5) is 0 Å². The highest BCUT2D eigenvalue weighted by Gasteiger charge is 2.16. The summed E-state index contributed by atoms with van der Waals surface area (Å²) in [6, 6.07) is 1.73. The van der Waals surface area contributed by atoms with E-state index in [9.17, 15) is 4.79 Å². The molecule has 1 aromatic rings. The van der Waals surface area contributed by atoms with Crippen LogP contribution < -0.4 is 5.32 Å². The van der Waals surface area contributed by atoms with Gasteiger partial charge in [-0.25, -0.2) is 4.79 Å². The maximum Gasteiger partial charge on any atom is 0.374 e. The van der Waals surface area contributed by atoms with Crippen LogP contribution in [-0.4, -0.2) is 39.1 Å². The van der Waals surface area contributed by atoms with Crippen molar-refractivity contribution in [3.05, 3.63) is 23.7 Å². The molecule has 1 heterocycles. The summed E-state index contributed by atoms with van der Waals surface area (Å²) in [6.45, 7) is 6.02. The maximum absolute atomic E-state index is 11.4. The van der Waals surface area contributed by atoms with Gasteiger partial charge in [0.1, 0.15) is 0 Å². The largest absolute Gasteiger partial charge is 0.463 e. The number of hydrogen-bond acceptors (Lipinski definition) is 6. The zero-order chi connectivity index (χ0) is 14.1. The monoisotopic (exact) mass is 271 g/mol. The van der Waals surface area contributed by atoms with Crippen LogP contribution in [0.5, 0.6) is 0 Å². The zero-order valence-electron chi connectivity index (χ0n) is 11.6. The molecule has 0 aliphatic carbocycles. The molecule has 0 unspecified atom stereocenters. The molecule has 0 bridgehead atoms. The lowest BCUT2D eigenvalue weighted by molar-refractivity contribution is -0.133. The van der Waals surface area contributed by atoms with Gasteiger partial charge in [-0.05, 0) is 19.9 Å². The first kappa shape index (κ1) is 15.7. The molecule has 0 aromatic carbocycles. The van der Waals surface area contributed by atoms with Gasteiger partial charge < -0.3 is 23.9 Å². The van der Waals surface area contributed by atoms with Gasteiger partial charge in [-0.3, -0.25) is 0 Å². The van der Waals surface area contributed by atoms with Crippen molar-refractivity contribution < 1.29 is 23.4 Å². The van der Waals surface area contributed by atoms with Crippen LogP contribution in [0.15, 0.2) is 16.7 Å². The number of methoxy groups -OCH3 is 1. The molecule has 0 spiro atoms. The van der Waals surface area contributed by atoms with E-state index in [1.54, 1.807) is 6.07 Å². The van der Waals surface area contributed by atoms with E-state index >= 15 is 0 Å². The zero-order valence-corrected chi connectivity index (χ0v) is 11.6. The minimum Gasteiger partial charge on any atom is -0.463 e. The summed E-state index contributed by atoms with van der Waals surface area (Å²) in [5.41, 5.74) is 0.749. The molecule has 0 fully saturated rings. The predicted octanol–water partition coefficient (Wildman–Crippen LogP) is 1.55. The van der Waals surface area contributed by atoms with Crippen molar-refractivity contribution in [3.63, 3.8) is 0 Å². The number of ether oxygens (including phenoxy) is 3. The Morgan fingerprint density at radius 2 is 2.05 bits per heavy atom. The number of nitrogens with one attached hydrogen (secondary N) is 1. The quantitative estimate of drug-likeness (QED) is 0.543. The van der Waals surface area contributed by atoms with E-state index in [1.807, 2.05) is 13.8 Å². The first-order valence-corrected chi connectivity index (χ1v) is 6.31. The van der Waals surface area contributed by atoms with E-state index in [0.717, 1.165) is 5.56 Å². The number of rotatable bonds is 9. The Bertz CT molecular complexity index is 371. The van der Waals surface area contributed by atoms with Crippen molar-refractivity contribution in [2.45, 2.75) is 26.7 Å². The lowest BCUT2D eigenvalue weighted by Gasteiger charge is -2.17. The normalized spacial score (nSPS) is 10.9. The fourth-order valence-corrected chi connectivity index (χ4v) is 1.61. The van der Waals surface area contributed by atoms with Crippen LogP contribution in [0, 0.1) is 0 Å². The predicted molar refractivity (Wildman–Crippen MR) is 68.8 cm³/mol. The van der Waals surface area contributed by atoms with Gasteiger partial charge in [-0.2, -0.15) is 0 Å². The van der Waals surface area contributed by atoms with E-state index < -0.39 is 5.97 Å². The van der Waals surface area contributed by atoms with Gasteiger partial charge in [0.25, 0.3) is 0 Å². The van der Waals surface area contributed by atoms with Gasteiger partial charge in [-0.1, -0.05) is 0 Å². The number of hydrogen-bond donors (Lipinski definition) is 1. The van der Waals surface area contributed by atoms with Gasteiger partial charge in [0, 0.05) is 31.9 Å². The molecule has 0 aliphatic heterocycles. The third kappa shape index (κ3) is 5.02. The molecule has 0 saturated carbocycles. The van der Waals surface area contributed by atoms with Crippen molar-refractivity contribution in [3.8, 4) is 0 Å². The van der Waals surface area contributed by atoms with E-state index in [1.165, 1.54) is 13.4 Å². The molecule has 108 valence electrons. The number of furan rings is 1. The summed E-state index contributed by atoms with van der Waals surface area (Å²) >= 11 is 0. The molecule has 0 radical (unpaired) electrons. The van der Waals surface area contributed by atoms with Crippen molar-refractivity contribution >= 4 is 5.97 Å². The minimum atomic E-state index is -0.479. The summed E-state index contributed by atoms with van der Waals surface area (Å²) < 4.78 is 20.5. The van der Waals surface area contributed by atoms with Crippen molar-refractivity contribution in [1.82, 2.24) is 5.32 Å². The van der Waals surface area contributed by atoms with Gasteiger partial charge in [-0.15, -0.1) is 0 Å². The maximum atomic E-state index is 11.4. The second kappa shape index (κ2) is 8.68. The number of esters is 1. The minimum absolute atomic E-state index is 0.222. The van der Waals surface area contributed by atoms with E-state index in [-0.39, 0.29) is 12.1 Å². The number of carbonyl (C=O) groups is 1. The Kier molecular flexibility index (Phi) is 7.17. The summed E-state index contributed by atoms with van der Waals surface area (Å²) in [4.78, 5) is 11.4. The molecule has 0 aliphatic rings. The SMILES string of the molecule is CCOC(CNCc1ccoc1C(=O)OC)OCC. The molecule has 1 rings (SSSR count). The van der Waals surface area contributed by atoms with Crippen LogP contribution in [0.3, 0.4) is 0 Å². The molecule has 19 heavy (non-hydrogen) atoms. The first-order valence-electron chi connectivity index (χ1n) is 6.31. The molecule has 6 nitrogen and oxygen atoms in total. The molecule has 1 aromatic heterocycles. The lowest BCUT2D eigenvalue weighted by atomic mass is 10.2. The van der Waals surface area contributed by atoms with Crippen LogP contribution in [0.25, 0.3) is 0 Å². The van der Waals surface area contributed by atoms with Gasteiger partial charge in [0.2, 0.25) is 5.76 Å². The van der Waals surface area contributed by atoms with Crippen molar-refractivity contribution in [2.24, 2.45) is 0 Å². The molecule has 1 N–H and O–H groups in total. The fraction of sp³-hybridized carbons (Fsp3) is 0.615. The Morgan fingerprint density at radius 1 is 1.37 bits per heavy atom. The molecule has 0 saturated heterocycles. The Balaban J connectivity index is 2.43. The summed E-state index contributed by atoms with van der Waals surface area (Å²) in [5, 5.41) is 3.16. The summed E-state index contributed by atoms with van der Waals surface area (Å²) in [7, 11) is 1.32. The highest BCUT2D eigenvalue weighted by atomic mass is 16.7. The highest BCUT2D eigenvalue weighted by Crippen LogP contribution is 2.11. The molecule has 0 atom stereocenters. The van der Waals surface area contributed by atoms with Crippen LogP contribution in [0.2, 0.25) is 0 Å². The van der Waals surface area contributed by atoms with Crippen LogP contribution in [-0.2, 0) is 20.8 Å². The number of carbonyl (C=O) groups excluding carboxylic acids is 1. The molecular formula is C13H21NO5. The van der Waals surface area contributed by atoms with Gasteiger partial charge in [0.15, 0.2) is 6.29 Å². The Morgan fingerprint density at radius 3 is 2.63 bits per heavy atom. The van der Waals surface area contributed by atoms with Gasteiger partial charge in [0.05, 0.1) is 13.4 Å². The Labute approximate surface area is 113 Å². The summed E-state index contributed by atoms with van der Waals surface area (Å²) in [5.74, 6) is -0.257. The fourth-order valence-electron chi connectivity index (χ4n) is 1.61. The van der Waals surface area contributed by atoms with E-state index in [0.29, 0.717) is 26.3 Å². The van der Waals surface area contributed by atoms with Crippen LogP contribution in [0.1, 0.15) is 30.0 Å². The smallest absolute Gasteiger partial charge is 0.374 e. The molecular weight excluding hydrogens is 250 g/mol. The van der Waals surface area contributed by atoms with Gasteiger partial charge >= 0.3 is 5.97 Å². The van der Waals surface area contributed by atoms with E-state index in [4.69, 9.17) is 13.9 Å². The van der Waals surface area contributed by atoms with E-state index in [2.05, 4.69) is 10.1 Å². The topological polar surface area (TPSA) is 69.9 Å². The lowest BCUT2D eigenvalue weighted by Crippen LogP contribution is -2.31. The third-order valence-electron chi connectivity index (χ3n) is 2.45. The van der Waals surface area contributed by atoms with Crippen molar-refractivity contribution in [2.75, 3.05) is 26.9 Å². The molecule has 6 heteroatoms. The second-order valence-electron chi connectivity index (χ2n) is 3.74. The first-order chi connectivity index (χ1) is 9.22. The highest BCUT2D eigenvalue weighted by molar-refractivity contribution is 5.87. The van der Waals surface area contributed by atoms with Crippen LogP contribution >= 0.6 is 0 Å². The average molecular weight is 271 g/mol. The Hall–Kier alpha value is -1.37. The third-order valence-corrected chi connectivity index (χ3v) is 2.45. The second-order valence-corrected chi connectivity index (χ2v) is 3.74. The molecule has 0 amide bonds. The standard InChI is InChI=1S/C13H21NO5/c1-4-17-11(18-5-2)9-14-8-10-6-7-19-12(10)13(15)16-3/h6-7,11,14H,4-5,8-9H2,1-3H3. The van der Waals surface area contributed by atoms with Crippen molar-refractivity contribution in [1.29, 1.82) is 0 Å². The average Bonchev–Trinajstić information content (AvgIpc) is 2.87.